The fourth-order valence-electron chi connectivity index (χ4n) is 1.67. The van der Waals surface area contributed by atoms with Gasteiger partial charge in [-0.2, -0.15) is 0 Å². The Morgan fingerprint density at radius 3 is 2.67 bits per heavy atom. The van der Waals surface area contributed by atoms with Crippen molar-refractivity contribution in [2.24, 2.45) is 0 Å². The van der Waals surface area contributed by atoms with Crippen LogP contribution in [0.1, 0.15) is 25.7 Å². The molecule has 1 N–H and O–H groups in total. The van der Waals surface area contributed by atoms with Gasteiger partial charge in [-0.3, -0.25) is 4.79 Å². The van der Waals surface area contributed by atoms with Gasteiger partial charge in [0.1, 0.15) is 0 Å². The molecule has 0 saturated carbocycles. The predicted octanol–water partition coefficient (Wildman–Crippen LogP) is 0.623. The summed E-state index contributed by atoms with van der Waals surface area (Å²) in [4.78, 5) is 12.9. The quantitative estimate of drug-likeness (QED) is 0.682. The van der Waals surface area contributed by atoms with E-state index in [4.69, 9.17) is 4.74 Å². The van der Waals surface area contributed by atoms with Crippen molar-refractivity contribution in [1.29, 1.82) is 0 Å². The maximum absolute atomic E-state index is 11.3. The molecule has 0 spiro atoms. The van der Waals surface area contributed by atoms with Gasteiger partial charge in [0.05, 0.1) is 0 Å². The fraction of sp³-hybridized carbons (Fsp3) is 0.909. The Morgan fingerprint density at radius 1 is 1.40 bits per heavy atom. The van der Waals surface area contributed by atoms with Crippen LogP contribution in [0.15, 0.2) is 0 Å². The Bertz CT molecular complexity index is 189. The summed E-state index contributed by atoms with van der Waals surface area (Å²) in [7, 11) is 3.60. The van der Waals surface area contributed by atoms with Gasteiger partial charge in [-0.15, -0.1) is 0 Å². The lowest BCUT2D eigenvalue weighted by Gasteiger charge is -2.23. The lowest BCUT2D eigenvalue weighted by molar-refractivity contribution is -0.128. The van der Waals surface area contributed by atoms with Crippen LogP contribution in [0.3, 0.4) is 0 Å². The molecular formula is C11H22N2O2. The summed E-state index contributed by atoms with van der Waals surface area (Å²) in [5, 5.41) is 3.47. The largest absolute Gasteiger partial charge is 0.381 e. The maximum Gasteiger partial charge on any atom is 0.222 e. The number of nitrogens with zero attached hydrogens (tertiary/aromatic N) is 1. The lowest BCUT2D eigenvalue weighted by Crippen LogP contribution is -2.35. The van der Waals surface area contributed by atoms with Crippen LogP contribution in [0.2, 0.25) is 0 Å². The molecular weight excluding hydrogens is 192 g/mol. The molecule has 0 aromatic carbocycles. The molecule has 1 heterocycles. The normalized spacial score (nSPS) is 17.7. The molecule has 1 saturated heterocycles. The van der Waals surface area contributed by atoms with E-state index in [0.29, 0.717) is 12.5 Å². The number of carbonyl (C=O) groups is 1. The van der Waals surface area contributed by atoms with Crippen molar-refractivity contribution < 1.29 is 9.53 Å². The minimum Gasteiger partial charge on any atom is -0.381 e. The first-order chi connectivity index (χ1) is 7.20. The van der Waals surface area contributed by atoms with E-state index in [9.17, 15) is 4.79 Å². The SMILES string of the molecule is CN(C)C(=O)CCCNC1CCOCC1. The van der Waals surface area contributed by atoms with Gasteiger partial charge in [-0.25, -0.2) is 0 Å². The molecule has 0 unspecified atom stereocenters. The van der Waals surface area contributed by atoms with E-state index in [-0.39, 0.29) is 5.91 Å². The van der Waals surface area contributed by atoms with E-state index in [1.54, 1.807) is 19.0 Å². The van der Waals surface area contributed by atoms with E-state index in [1.165, 1.54) is 0 Å². The third-order valence-electron chi connectivity index (χ3n) is 2.72. The molecule has 4 nitrogen and oxygen atoms in total. The minimum absolute atomic E-state index is 0.212. The molecule has 1 amide bonds. The predicted molar refractivity (Wildman–Crippen MR) is 59.8 cm³/mol. The van der Waals surface area contributed by atoms with Crippen molar-refractivity contribution in [1.82, 2.24) is 10.2 Å². The standard InChI is InChI=1S/C11H22N2O2/c1-13(2)11(14)4-3-7-12-10-5-8-15-9-6-10/h10,12H,3-9H2,1-2H3. The highest BCUT2D eigenvalue weighted by atomic mass is 16.5. The lowest BCUT2D eigenvalue weighted by atomic mass is 10.1. The van der Waals surface area contributed by atoms with Gasteiger partial charge in [-0.1, -0.05) is 0 Å². The molecule has 88 valence electrons. The molecule has 4 heteroatoms. The van der Waals surface area contributed by atoms with Crippen LogP contribution in [-0.4, -0.2) is 50.7 Å². The Morgan fingerprint density at radius 2 is 2.07 bits per heavy atom. The van der Waals surface area contributed by atoms with Gasteiger partial charge < -0.3 is 15.0 Å². The van der Waals surface area contributed by atoms with E-state index in [1.807, 2.05) is 0 Å². The van der Waals surface area contributed by atoms with E-state index >= 15 is 0 Å². The topological polar surface area (TPSA) is 41.6 Å². The van der Waals surface area contributed by atoms with Gasteiger partial charge in [0.2, 0.25) is 5.91 Å². The monoisotopic (exact) mass is 214 g/mol. The average Bonchev–Trinajstić information content (AvgIpc) is 2.25. The second-order valence-corrected chi connectivity index (χ2v) is 4.23. The number of carbonyl (C=O) groups excluding carboxylic acids is 1. The summed E-state index contributed by atoms with van der Waals surface area (Å²) in [6, 6.07) is 0.591. The van der Waals surface area contributed by atoms with Crippen LogP contribution < -0.4 is 5.32 Å². The fourth-order valence-corrected chi connectivity index (χ4v) is 1.67. The highest BCUT2D eigenvalue weighted by Gasteiger charge is 2.12. The van der Waals surface area contributed by atoms with Crippen molar-refractivity contribution in [2.45, 2.75) is 31.7 Å². The molecule has 1 aliphatic heterocycles. The van der Waals surface area contributed by atoms with Crippen molar-refractivity contribution in [3.63, 3.8) is 0 Å². The Balaban J connectivity index is 1.98. The van der Waals surface area contributed by atoms with E-state index in [2.05, 4.69) is 5.32 Å². The number of hydrogen-bond acceptors (Lipinski definition) is 3. The highest BCUT2D eigenvalue weighted by molar-refractivity contribution is 5.75. The van der Waals surface area contributed by atoms with Gasteiger partial charge in [0.15, 0.2) is 0 Å². The summed E-state index contributed by atoms with van der Waals surface area (Å²) in [6.07, 6.45) is 3.76. The van der Waals surface area contributed by atoms with Crippen LogP contribution in [0.4, 0.5) is 0 Å². The zero-order valence-electron chi connectivity index (χ0n) is 9.79. The summed E-state index contributed by atoms with van der Waals surface area (Å²) in [5.74, 6) is 0.212. The summed E-state index contributed by atoms with van der Waals surface area (Å²) in [5.41, 5.74) is 0. The Hall–Kier alpha value is -0.610. The van der Waals surface area contributed by atoms with Crippen molar-refractivity contribution >= 4 is 5.91 Å². The van der Waals surface area contributed by atoms with Crippen LogP contribution in [0.25, 0.3) is 0 Å². The third-order valence-corrected chi connectivity index (χ3v) is 2.72. The molecule has 15 heavy (non-hydrogen) atoms. The Kier molecular flexibility index (Phi) is 5.65. The zero-order chi connectivity index (χ0) is 11.1. The second kappa shape index (κ2) is 6.80. The average molecular weight is 214 g/mol. The Labute approximate surface area is 92.0 Å². The number of nitrogens with one attached hydrogen (secondary N) is 1. The number of rotatable bonds is 5. The molecule has 0 aromatic rings. The smallest absolute Gasteiger partial charge is 0.222 e. The molecule has 1 aliphatic rings. The number of hydrogen-bond donors (Lipinski definition) is 1. The van der Waals surface area contributed by atoms with Crippen molar-refractivity contribution in [3.8, 4) is 0 Å². The third kappa shape index (κ3) is 5.14. The van der Waals surface area contributed by atoms with Crippen molar-refractivity contribution in [3.05, 3.63) is 0 Å². The first kappa shape index (κ1) is 12.5. The number of amides is 1. The summed E-state index contributed by atoms with van der Waals surface area (Å²) >= 11 is 0. The maximum atomic E-state index is 11.3. The number of ether oxygens (including phenoxy) is 1. The van der Waals surface area contributed by atoms with Crippen LogP contribution >= 0.6 is 0 Å². The van der Waals surface area contributed by atoms with Gasteiger partial charge >= 0.3 is 0 Å². The van der Waals surface area contributed by atoms with E-state index in [0.717, 1.165) is 39.0 Å². The molecule has 0 atom stereocenters. The molecule has 0 radical (unpaired) electrons. The zero-order valence-corrected chi connectivity index (χ0v) is 9.79. The van der Waals surface area contributed by atoms with Gasteiger partial charge in [-0.05, 0) is 25.8 Å². The second-order valence-electron chi connectivity index (χ2n) is 4.23. The van der Waals surface area contributed by atoms with Crippen LogP contribution in [0, 0.1) is 0 Å². The van der Waals surface area contributed by atoms with E-state index < -0.39 is 0 Å². The molecule has 1 fully saturated rings. The summed E-state index contributed by atoms with van der Waals surface area (Å²) in [6.45, 7) is 2.67. The molecule has 1 rings (SSSR count). The molecule has 0 aromatic heterocycles. The molecule has 0 aliphatic carbocycles. The van der Waals surface area contributed by atoms with Crippen molar-refractivity contribution in [2.75, 3.05) is 33.9 Å². The summed E-state index contributed by atoms with van der Waals surface area (Å²) < 4.78 is 5.27. The van der Waals surface area contributed by atoms with Crippen LogP contribution in [0.5, 0.6) is 0 Å². The van der Waals surface area contributed by atoms with Gasteiger partial charge in [0, 0.05) is 39.8 Å². The minimum atomic E-state index is 0.212. The highest BCUT2D eigenvalue weighted by Crippen LogP contribution is 2.06. The first-order valence-electron chi connectivity index (χ1n) is 5.71. The molecule has 0 bridgehead atoms. The van der Waals surface area contributed by atoms with Gasteiger partial charge in [0.25, 0.3) is 0 Å². The first-order valence-corrected chi connectivity index (χ1v) is 5.71. The van der Waals surface area contributed by atoms with Crippen LogP contribution in [-0.2, 0) is 9.53 Å².